The predicted molar refractivity (Wildman–Crippen MR) is 261 cm³/mol. The Balaban J connectivity index is 1.59. The van der Waals surface area contributed by atoms with E-state index in [-0.39, 0.29) is 50.2 Å². The molecule has 12 N–H and O–H groups in total. The molecule has 18 nitrogen and oxygen atoms in total. The Labute approximate surface area is 402 Å². The number of aliphatic hydroxyl groups excluding tert-OH is 2. The molecular weight excluding hydrogens is 891 g/mol. The zero-order valence-electron chi connectivity index (χ0n) is 38.7. The minimum Gasteiger partial charge on any atom is -0.508 e. The predicted octanol–water partition coefficient (Wildman–Crippen LogP) is 1.07. The lowest BCUT2D eigenvalue weighted by molar-refractivity contribution is -0.143. The fourth-order valence-corrected chi connectivity index (χ4v) is 8.47. The number of rotatable bonds is 18. The van der Waals surface area contributed by atoms with Gasteiger partial charge in [-0.15, -0.1) is 0 Å². The summed E-state index contributed by atoms with van der Waals surface area (Å²) in [5.74, 6) is -3.31. The lowest BCUT2D eigenvalue weighted by Crippen LogP contribution is -2.64. The molecule has 3 aromatic carbocycles. The zero-order valence-corrected chi connectivity index (χ0v) is 39.6. The summed E-state index contributed by atoms with van der Waals surface area (Å²) < 4.78 is 0. The van der Waals surface area contributed by atoms with Gasteiger partial charge in [-0.05, 0) is 99.1 Å². The first-order valence-electron chi connectivity index (χ1n) is 23.2. The molecule has 4 aromatic rings. The van der Waals surface area contributed by atoms with Crippen LogP contribution in [0.1, 0.15) is 68.6 Å². The number of likely N-dealkylation sites (N-methyl/N-ethyl adjacent to an activating group) is 1. The number of carbonyl (C=O) groups excluding carboxylic acids is 6. The highest BCUT2D eigenvalue weighted by molar-refractivity contribution is 7.80. The first kappa shape index (κ1) is 53.0. The number of fused-ring (bicyclic) bond motifs is 1. The molecule has 1 aromatic heterocycles. The van der Waals surface area contributed by atoms with E-state index in [2.05, 4.69) is 49.5 Å². The summed E-state index contributed by atoms with van der Waals surface area (Å²) in [6.07, 6.45) is 0.711. The average Bonchev–Trinajstić information content (AvgIpc) is 3.73. The smallest absolute Gasteiger partial charge is 0.243 e. The largest absolute Gasteiger partial charge is 0.508 e. The van der Waals surface area contributed by atoms with E-state index in [9.17, 15) is 44.1 Å². The third-order valence-electron chi connectivity index (χ3n) is 12.1. The van der Waals surface area contributed by atoms with Gasteiger partial charge in [0.25, 0.3) is 0 Å². The van der Waals surface area contributed by atoms with E-state index in [0.717, 1.165) is 10.9 Å². The summed E-state index contributed by atoms with van der Waals surface area (Å²) in [5, 5.41) is 50.7. The van der Waals surface area contributed by atoms with Crippen LogP contribution in [0.3, 0.4) is 0 Å². The fraction of sp³-hybridized carbons (Fsp3) is 0.469. The summed E-state index contributed by atoms with van der Waals surface area (Å²) in [5.41, 5.74) is 8.54. The van der Waals surface area contributed by atoms with Gasteiger partial charge >= 0.3 is 0 Å². The standard InChI is InChI=1S/C49H67N9O9S/c1-30(59)43-48(66)56-40(27-31-12-4-3-5-13-31)49(67)58(2)41(17-9-11-24-51-42(61)22-25-68)47(65)55-38(26-32-18-20-34(60)21-19-32)45(63)54-39(28-33-29-52-36-15-7-6-14-35(33)36)46(64)53-37(44(62)57-43)16-8-10-23-50/h3-7,12-15,18-21,29-30,37-41,43,48,52,56,59-60,66,68H,8-11,16-17,22-28,50H2,1-2H3,(H,51,61)(H,53,64)(H,54,63)(H,55,65)(H,57,62)/t30-,37+,38+,39-,40+,41+,43+,48?/m1/s1. The minimum atomic E-state index is -1.72. The molecule has 0 radical (unpaired) electrons. The fourth-order valence-electron chi connectivity index (χ4n) is 8.27. The van der Waals surface area contributed by atoms with Gasteiger partial charge in [-0.1, -0.05) is 60.7 Å². The van der Waals surface area contributed by atoms with Crippen molar-refractivity contribution in [3.63, 3.8) is 0 Å². The molecule has 0 bridgehead atoms. The zero-order chi connectivity index (χ0) is 49.2. The number of aliphatic hydroxyl groups is 2. The van der Waals surface area contributed by atoms with E-state index >= 15 is 0 Å². The number of nitrogens with zero attached hydrogens (tertiary/aromatic N) is 1. The Bertz CT molecular complexity index is 2280. The maximum Gasteiger partial charge on any atom is 0.243 e. The number of thiol groups is 1. The van der Waals surface area contributed by atoms with Gasteiger partial charge in [-0.2, -0.15) is 12.6 Å². The summed E-state index contributed by atoms with van der Waals surface area (Å²) in [6, 6.07) is 14.8. The van der Waals surface area contributed by atoms with Crippen LogP contribution in [0.5, 0.6) is 5.75 Å². The molecular formula is C49H67N9O9S. The van der Waals surface area contributed by atoms with Gasteiger partial charge in [0, 0.05) is 50.0 Å². The number of hydrogen-bond donors (Lipinski definition) is 12. The van der Waals surface area contributed by atoms with Crippen LogP contribution in [0.25, 0.3) is 10.9 Å². The lowest BCUT2D eigenvalue weighted by Gasteiger charge is -2.35. The van der Waals surface area contributed by atoms with Gasteiger partial charge in [-0.3, -0.25) is 34.1 Å². The number of carbonyl (C=O) groups is 6. The van der Waals surface area contributed by atoms with E-state index in [1.54, 1.807) is 42.6 Å². The quantitative estimate of drug-likeness (QED) is 0.0495. The third kappa shape index (κ3) is 15.5. The molecule has 0 spiro atoms. The summed E-state index contributed by atoms with van der Waals surface area (Å²) >= 11 is 4.12. The molecule has 1 saturated heterocycles. The van der Waals surface area contributed by atoms with Gasteiger partial charge < -0.3 is 57.5 Å². The second-order valence-electron chi connectivity index (χ2n) is 17.3. The van der Waals surface area contributed by atoms with Crippen LogP contribution in [0.2, 0.25) is 0 Å². The van der Waals surface area contributed by atoms with Crippen molar-refractivity contribution in [3.8, 4) is 5.75 Å². The molecule has 0 saturated carbocycles. The first-order valence-corrected chi connectivity index (χ1v) is 23.9. The van der Waals surface area contributed by atoms with Crippen molar-refractivity contribution in [2.24, 2.45) is 5.73 Å². The van der Waals surface area contributed by atoms with Gasteiger partial charge in [0.05, 0.1) is 18.2 Å². The van der Waals surface area contributed by atoms with Crippen molar-refractivity contribution < 1.29 is 44.1 Å². The van der Waals surface area contributed by atoms with E-state index in [0.29, 0.717) is 61.2 Å². The highest BCUT2D eigenvalue weighted by Crippen LogP contribution is 2.21. The number of aromatic amines is 1. The molecule has 19 heteroatoms. The lowest BCUT2D eigenvalue weighted by atomic mass is 9.99. The Morgan fingerprint density at radius 2 is 1.35 bits per heavy atom. The van der Waals surface area contributed by atoms with Crippen LogP contribution in [0, 0.1) is 0 Å². The van der Waals surface area contributed by atoms with E-state index < -0.39 is 78.1 Å². The molecule has 1 unspecified atom stereocenters. The van der Waals surface area contributed by atoms with Crippen molar-refractivity contribution in [3.05, 3.63) is 102 Å². The number of aromatic nitrogens is 1. The molecule has 8 atom stereocenters. The maximum atomic E-state index is 14.8. The van der Waals surface area contributed by atoms with Gasteiger partial charge in [0.2, 0.25) is 35.4 Å². The van der Waals surface area contributed by atoms with Crippen LogP contribution < -0.4 is 37.6 Å². The van der Waals surface area contributed by atoms with E-state index in [4.69, 9.17) is 5.73 Å². The monoisotopic (exact) mass is 957 g/mol. The van der Waals surface area contributed by atoms with Crippen LogP contribution in [-0.2, 0) is 48.0 Å². The van der Waals surface area contributed by atoms with Crippen LogP contribution in [0.15, 0.2) is 85.1 Å². The van der Waals surface area contributed by atoms with Gasteiger partial charge in [0.15, 0.2) is 0 Å². The van der Waals surface area contributed by atoms with Crippen molar-refractivity contribution >= 4 is 59.0 Å². The summed E-state index contributed by atoms with van der Waals surface area (Å²) in [4.78, 5) is 89.9. The molecule has 5 rings (SSSR count). The first-order chi connectivity index (χ1) is 32.7. The maximum absolute atomic E-state index is 14.8. The molecule has 2 heterocycles. The second-order valence-corrected chi connectivity index (χ2v) is 17.8. The molecule has 368 valence electrons. The normalized spacial score (nSPS) is 22.9. The second kappa shape index (κ2) is 26.5. The Morgan fingerprint density at radius 1 is 0.750 bits per heavy atom. The molecule has 68 heavy (non-hydrogen) atoms. The van der Waals surface area contributed by atoms with Crippen molar-refractivity contribution in [1.29, 1.82) is 0 Å². The number of amides is 6. The molecule has 6 amide bonds. The highest BCUT2D eigenvalue weighted by atomic mass is 32.1. The number of nitrogens with one attached hydrogen (secondary N) is 7. The Kier molecular flexibility index (Phi) is 20.7. The molecule has 0 aliphatic carbocycles. The number of nitrogens with two attached hydrogens (primary N) is 1. The summed E-state index contributed by atoms with van der Waals surface area (Å²) in [6.45, 7) is 1.98. The number of phenols is 1. The van der Waals surface area contributed by atoms with E-state index in [1.807, 2.05) is 30.3 Å². The van der Waals surface area contributed by atoms with Gasteiger partial charge in [-0.25, -0.2) is 0 Å². The number of hydrogen-bond acceptors (Lipinski definition) is 12. The van der Waals surface area contributed by atoms with Gasteiger partial charge in [0.1, 0.15) is 36.1 Å². The van der Waals surface area contributed by atoms with Crippen molar-refractivity contribution in [1.82, 2.24) is 41.8 Å². The minimum absolute atomic E-state index is 0.0157. The topological polar surface area (TPSA) is 280 Å². The number of unbranched alkanes of at least 4 members (excludes halogenated alkanes) is 2. The van der Waals surface area contributed by atoms with E-state index in [1.165, 1.54) is 31.0 Å². The number of phenolic OH excluding ortho intramolecular Hbond substituents is 1. The molecule has 1 aliphatic heterocycles. The molecule has 1 aliphatic rings. The SMILES string of the molecule is C[C@@H](O)[C@@H]1NC(=O)[C@H](CCCCN)NC(=O)[C@@H](Cc2c[nH]c3ccccc23)NC(=O)[C@H](Cc2ccc(O)cc2)NC(=O)[C@H](CCCCNC(=O)CCS)N(C)C(=O)[C@H](Cc2ccccc2)NC1O. The number of aromatic hydroxyl groups is 1. The van der Waals surface area contributed by atoms with Crippen LogP contribution in [-0.4, -0.2) is 135 Å². The summed E-state index contributed by atoms with van der Waals surface area (Å²) in [7, 11) is 1.45. The number of H-pyrrole nitrogens is 1. The number of benzene rings is 3. The molecule has 1 fully saturated rings. The average molecular weight is 958 g/mol. The van der Waals surface area contributed by atoms with Crippen molar-refractivity contribution in [2.45, 2.75) is 120 Å². The Hall–Kier alpha value is -5.99. The van der Waals surface area contributed by atoms with Crippen LogP contribution in [0.4, 0.5) is 0 Å². The number of para-hydroxylation sites is 1. The van der Waals surface area contributed by atoms with Crippen LogP contribution >= 0.6 is 12.6 Å². The Morgan fingerprint density at radius 3 is 2.04 bits per heavy atom. The third-order valence-corrected chi connectivity index (χ3v) is 12.3. The van der Waals surface area contributed by atoms with Crippen molar-refractivity contribution in [2.75, 3.05) is 25.9 Å². The highest BCUT2D eigenvalue weighted by Gasteiger charge is 2.38.